The molecule has 5 N–H and O–H groups in total. The van der Waals surface area contributed by atoms with E-state index in [1.165, 1.54) is 22.7 Å². The average molecular weight is 417 g/mol. The molecule has 1 aromatic carbocycles. The van der Waals surface area contributed by atoms with E-state index in [1.807, 2.05) is 6.07 Å². The van der Waals surface area contributed by atoms with Gasteiger partial charge in [-0.15, -0.1) is 0 Å². The summed E-state index contributed by atoms with van der Waals surface area (Å²) in [5, 5.41) is 30.0. The van der Waals surface area contributed by atoms with E-state index in [4.69, 9.17) is 10.5 Å². The second-order valence-corrected chi connectivity index (χ2v) is 7.48. The molecule has 10 nitrogen and oxygen atoms in total. The van der Waals surface area contributed by atoms with E-state index in [9.17, 15) is 20.1 Å². The lowest BCUT2D eigenvalue weighted by Gasteiger charge is -2.16. The van der Waals surface area contributed by atoms with Crippen molar-refractivity contribution in [2.24, 2.45) is 0 Å². The molecule has 4 atom stereocenters. The molecule has 11 heteroatoms. The minimum absolute atomic E-state index is 0.0272. The SMILES string of the molecule is Nc1nc(SCC(=O)c2ccccc2)c2ncn([C@H]3O[C@@H](CO)[C@@H](O)[C@H]3O)c2n1. The number of hydrogen-bond acceptors (Lipinski definition) is 10. The molecule has 152 valence electrons. The van der Waals surface area contributed by atoms with Crippen LogP contribution in [0.2, 0.25) is 0 Å². The van der Waals surface area contributed by atoms with Gasteiger partial charge in [0.25, 0.3) is 0 Å². The molecule has 4 rings (SSSR count). The van der Waals surface area contributed by atoms with Crippen molar-refractivity contribution in [1.82, 2.24) is 19.5 Å². The molecule has 3 heterocycles. The minimum Gasteiger partial charge on any atom is -0.394 e. The van der Waals surface area contributed by atoms with Gasteiger partial charge >= 0.3 is 0 Å². The van der Waals surface area contributed by atoms with Gasteiger partial charge in [0.1, 0.15) is 28.9 Å². The molecular formula is C18H19N5O5S. The number of ether oxygens (including phenoxy) is 1. The summed E-state index contributed by atoms with van der Waals surface area (Å²) in [6.45, 7) is -0.443. The first kappa shape index (κ1) is 19.7. The number of carbonyl (C=O) groups excluding carboxylic acids is 1. The smallest absolute Gasteiger partial charge is 0.223 e. The lowest BCUT2D eigenvalue weighted by molar-refractivity contribution is -0.0511. The van der Waals surface area contributed by atoms with Crippen LogP contribution in [0.15, 0.2) is 41.7 Å². The summed E-state index contributed by atoms with van der Waals surface area (Å²) in [6.07, 6.45) is -3.06. The number of ketones is 1. The van der Waals surface area contributed by atoms with Crippen molar-refractivity contribution in [2.45, 2.75) is 29.6 Å². The summed E-state index contributed by atoms with van der Waals surface area (Å²) >= 11 is 1.18. The lowest BCUT2D eigenvalue weighted by atomic mass is 10.1. The number of benzene rings is 1. The van der Waals surface area contributed by atoms with Crippen LogP contribution in [0.4, 0.5) is 5.95 Å². The number of aliphatic hydroxyl groups excluding tert-OH is 3. The minimum atomic E-state index is -1.28. The fraction of sp³-hybridized carbons (Fsp3) is 0.333. The van der Waals surface area contributed by atoms with Crippen LogP contribution < -0.4 is 5.73 Å². The number of fused-ring (bicyclic) bond motifs is 1. The Hall–Kier alpha value is -2.57. The molecule has 0 amide bonds. The molecule has 1 fully saturated rings. The number of aromatic nitrogens is 4. The number of nitrogens with two attached hydrogens (primary N) is 1. The van der Waals surface area contributed by atoms with Gasteiger partial charge in [-0.1, -0.05) is 42.1 Å². The first-order valence-electron chi connectivity index (χ1n) is 8.83. The van der Waals surface area contributed by atoms with Gasteiger partial charge in [0.2, 0.25) is 5.95 Å². The lowest BCUT2D eigenvalue weighted by Crippen LogP contribution is -2.33. The topological polar surface area (TPSA) is 157 Å². The molecule has 3 aromatic rings. The summed E-state index contributed by atoms with van der Waals surface area (Å²) in [5.41, 5.74) is 7.11. The molecule has 0 saturated carbocycles. The van der Waals surface area contributed by atoms with Gasteiger partial charge in [-0.2, -0.15) is 4.98 Å². The van der Waals surface area contributed by atoms with Gasteiger partial charge in [0.15, 0.2) is 17.7 Å². The maximum Gasteiger partial charge on any atom is 0.223 e. The highest BCUT2D eigenvalue weighted by Gasteiger charge is 2.44. The van der Waals surface area contributed by atoms with Crippen molar-refractivity contribution in [3.05, 3.63) is 42.2 Å². The molecule has 2 aromatic heterocycles. The van der Waals surface area contributed by atoms with Crippen LogP contribution in [0.25, 0.3) is 11.2 Å². The fourth-order valence-corrected chi connectivity index (χ4v) is 4.02. The van der Waals surface area contributed by atoms with Gasteiger partial charge in [-0.05, 0) is 0 Å². The van der Waals surface area contributed by atoms with Crippen molar-refractivity contribution in [2.75, 3.05) is 18.1 Å². The first-order chi connectivity index (χ1) is 14.0. The van der Waals surface area contributed by atoms with Crippen molar-refractivity contribution in [3.63, 3.8) is 0 Å². The van der Waals surface area contributed by atoms with Gasteiger partial charge in [0, 0.05) is 5.56 Å². The molecule has 1 saturated heterocycles. The Morgan fingerprint density at radius 2 is 1.97 bits per heavy atom. The molecule has 0 spiro atoms. The Bertz CT molecular complexity index is 1030. The van der Waals surface area contributed by atoms with Crippen LogP contribution in [0.1, 0.15) is 16.6 Å². The Kier molecular flexibility index (Phi) is 5.48. The zero-order valence-electron chi connectivity index (χ0n) is 15.1. The first-order valence-corrected chi connectivity index (χ1v) is 9.81. The normalized spacial score (nSPS) is 24.2. The molecule has 1 aliphatic heterocycles. The second kappa shape index (κ2) is 8.05. The standard InChI is InChI=1S/C18H19N5O5S/c19-18-21-15-12(16(22-18)29-7-10(25)9-4-2-1-3-5-9)20-8-23(15)17-14(27)13(26)11(6-24)28-17/h1-5,8,11,13-14,17,24,26-27H,6-7H2,(H2,19,21,22)/t11-,13+,14+,17-/m0/s1. The van der Waals surface area contributed by atoms with Crippen LogP contribution in [-0.2, 0) is 4.74 Å². The van der Waals surface area contributed by atoms with E-state index in [1.54, 1.807) is 24.3 Å². The van der Waals surface area contributed by atoms with Crippen LogP contribution in [0.3, 0.4) is 0 Å². The zero-order valence-corrected chi connectivity index (χ0v) is 15.9. The molecule has 0 unspecified atom stereocenters. The van der Waals surface area contributed by atoms with Crippen LogP contribution in [0.5, 0.6) is 0 Å². The fourth-order valence-electron chi connectivity index (χ4n) is 3.14. The number of carbonyl (C=O) groups is 1. The highest BCUT2D eigenvalue weighted by atomic mass is 32.2. The number of thioether (sulfide) groups is 1. The Balaban J connectivity index is 1.61. The van der Waals surface area contributed by atoms with Gasteiger partial charge in [-0.25, -0.2) is 9.97 Å². The van der Waals surface area contributed by atoms with Crippen molar-refractivity contribution >= 4 is 34.7 Å². The Morgan fingerprint density at radius 1 is 1.21 bits per heavy atom. The zero-order chi connectivity index (χ0) is 20.5. The number of aliphatic hydroxyl groups is 3. The number of nitrogens with zero attached hydrogens (tertiary/aromatic N) is 4. The highest BCUT2D eigenvalue weighted by Crippen LogP contribution is 2.33. The molecule has 1 aliphatic rings. The van der Waals surface area contributed by atoms with E-state index in [2.05, 4.69) is 15.0 Å². The van der Waals surface area contributed by atoms with Gasteiger partial charge in [0.05, 0.1) is 18.7 Å². The van der Waals surface area contributed by atoms with Crippen molar-refractivity contribution < 1.29 is 24.9 Å². The van der Waals surface area contributed by atoms with Crippen LogP contribution in [0, 0.1) is 0 Å². The molecule has 0 radical (unpaired) electrons. The van der Waals surface area contributed by atoms with E-state index >= 15 is 0 Å². The van der Waals surface area contributed by atoms with Crippen molar-refractivity contribution in [1.29, 1.82) is 0 Å². The third-order valence-electron chi connectivity index (χ3n) is 4.63. The number of nitrogen functional groups attached to an aromatic ring is 1. The molecule has 0 aliphatic carbocycles. The Labute approximate surface area is 169 Å². The highest BCUT2D eigenvalue weighted by molar-refractivity contribution is 8.00. The number of anilines is 1. The van der Waals surface area contributed by atoms with Crippen molar-refractivity contribution in [3.8, 4) is 0 Å². The van der Waals surface area contributed by atoms with Gasteiger partial charge < -0.3 is 25.8 Å². The maximum absolute atomic E-state index is 12.4. The van der Waals surface area contributed by atoms with Gasteiger partial charge in [-0.3, -0.25) is 9.36 Å². The third-order valence-corrected chi connectivity index (χ3v) is 5.60. The number of rotatable bonds is 6. The summed E-state index contributed by atoms with van der Waals surface area (Å²) in [6, 6.07) is 8.90. The summed E-state index contributed by atoms with van der Waals surface area (Å²) in [7, 11) is 0. The van der Waals surface area contributed by atoms with E-state index < -0.39 is 31.1 Å². The van der Waals surface area contributed by atoms with Crippen LogP contribution in [-0.4, -0.2) is 71.3 Å². The van der Waals surface area contributed by atoms with E-state index in [0.717, 1.165) is 0 Å². The monoisotopic (exact) mass is 417 g/mol. The largest absolute Gasteiger partial charge is 0.394 e. The molecule has 29 heavy (non-hydrogen) atoms. The maximum atomic E-state index is 12.4. The number of hydrogen-bond donors (Lipinski definition) is 4. The number of imidazole rings is 1. The third kappa shape index (κ3) is 3.70. The second-order valence-electron chi connectivity index (χ2n) is 6.52. The van der Waals surface area contributed by atoms with E-state index in [-0.39, 0.29) is 17.5 Å². The summed E-state index contributed by atoms with van der Waals surface area (Å²) < 4.78 is 6.96. The summed E-state index contributed by atoms with van der Waals surface area (Å²) in [4.78, 5) is 25.0. The molecular weight excluding hydrogens is 398 g/mol. The quantitative estimate of drug-likeness (QED) is 0.244. The Morgan fingerprint density at radius 3 is 2.66 bits per heavy atom. The molecule has 0 bridgehead atoms. The van der Waals surface area contributed by atoms with E-state index in [0.29, 0.717) is 21.8 Å². The predicted molar refractivity (Wildman–Crippen MR) is 104 cm³/mol. The number of Topliss-reactive ketones (excluding diaryl/α,β-unsaturated/α-hetero) is 1. The predicted octanol–water partition coefficient (Wildman–Crippen LogP) is -0.00500. The summed E-state index contributed by atoms with van der Waals surface area (Å²) in [5.74, 6) is 0.0421. The average Bonchev–Trinajstić information content (AvgIpc) is 3.27. The van der Waals surface area contributed by atoms with Crippen LogP contribution >= 0.6 is 11.8 Å².